The third kappa shape index (κ3) is 4.69. The number of guanidine groups is 1. The van der Waals surface area contributed by atoms with E-state index in [0.717, 1.165) is 11.4 Å². The molecule has 122 valence electrons. The van der Waals surface area contributed by atoms with E-state index in [9.17, 15) is 9.50 Å². The smallest absolute Gasteiger partial charge is 0.193 e. The Morgan fingerprint density at radius 3 is 2.39 bits per heavy atom. The summed E-state index contributed by atoms with van der Waals surface area (Å²) in [7, 11) is 1.59. The SMILES string of the molecule is COc1ccc(NC(N)=NCC(C)(O)c2ccc(F)cc2)cc1. The molecule has 0 saturated heterocycles. The Bertz CT molecular complexity index is 667. The first-order chi connectivity index (χ1) is 10.9. The highest BCUT2D eigenvalue weighted by Crippen LogP contribution is 2.21. The predicted octanol–water partition coefficient (Wildman–Crippen LogP) is 2.47. The topological polar surface area (TPSA) is 79.9 Å². The number of nitrogens with one attached hydrogen (secondary N) is 1. The van der Waals surface area contributed by atoms with Crippen LogP contribution in [0.4, 0.5) is 10.1 Å². The van der Waals surface area contributed by atoms with Crippen molar-refractivity contribution < 1.29 is 14.2 Å². The number of halogens is 1. The van der Waals surface area contributed by atoms with Crippen LogP contribution >= 0.6 is 0 Å². The first-order valence-corrected chi connectivity index (χ1v) is 7.10. The standard InChI is InChI=1S/C17H20FN3O2/c1-17(22,12-3-5-13(18)6-4-12)11-20-16(19)21-14-7-9-15(23-2)10-8-14/h3-10,22H,11H2,1-2H3,(H3,19,20,21). The summed E-state index contributed by atoms with van der Waals surface area (Å²) in [5, 5.41) is 13.4. The Balaban J connectivity index is 2.01. The molecule has 0 aliphatic carbocycles. The van der Waals surface area contributed by atoms with Crippen LogP contribution in [0, 0.1) is 5.82 Å². The van der Waals surface area contributed by atoms with Crippen molar-refractivity contribution in [1.29, 1.82) is 0 Å². The second-order valence-electron chi connectivity index (χ2n) is 5.34. The van der Waals surface area contributed by atoms with Gasteiger partial charge in [0, 0.05) is 5.69 Å². The molecule has 0 saturated carbocycles. The van der Waals surface area contributed by atoms with Crippen molar-refractivity contribution in [2.75, 3.05) is 19.0 Å². The van der Waals surface area contributed by atoms with Gasteiger partial charge in [0.05, 0.1) is 13.7 Å². The number of hydrogen-bond acceptors (Lipinski definition) is 3. The number of anilines is 1. The average Bonchev–Trinajstić information content (AvgIpc) is 2.54. The predicted molar refractivity (Wildman–Crippen MR) is 89.1 cm³/mol. The highest BCUT2D eigenvalue weighted by Gasteiger charge is 2.22. The zero-order chi connectivity index (χ0) is 16.9. The zero-order valence-electron chi connectivity index (χ0n) is 13.1. The fraction of sp³-hybridized carbons (Fsp3) is 0.235. The van der Waals surface area contributed by atoms with Gasteiger partial charge in [-0.25, -0.2) is 9.38 Å². The fourth-order valence-electron chi connectivity index (χ4n) is 2.00. The minimum absolute atomic E-state index is 0.0492. The van der Waals surface area contributed by atoms with Crippen molar-refractivity contribution in [2.45, 2.75) is 12.5 Å². The molecular weight excluding hydrogens is 297 g/mol. The molecule has 5 nitrogen and oxygen atoms in total. The number of nitrogens with zero attached hydrogens (tertiary/aromatic N) is 1. The Morgan fingerprint density at radius 2 is 1.83 bits per heavy atom. The van der Waals surface area contributed by atoms with Gasteiger partial charge >= 0.3 is 0 Å². The molecule has 2 rings (SSSR count). The second-order valence-corrected chi connectivity index (χ2v) is 5.34. The maximum absolute atomic E-state index is 12.9. The van der Waals surface area contributed by atoms with Gasteiger partial charge in [-0.3, -0.25) is 0 Å². The highest BCUT2D eigenvalue weighted by molar-refractivity contribution is 5.92. The van der Waals surface area contributed by atoms with Crippen LogP contribution in [0.2, 0.25) is 0 Å². The Kier molecular flexibility index (Phi) is 5.18. The van der Waals surface area contributed by atoms with E-state index >= 15 is 0 Å². The maximum atomic E-state index is 12.9. The first kappa shape index (κ1) is 16.8. The molecule has 0 fully saturated rings. The molecule has 4 N–H and O–H groups in total. The molecule has 23 heavy (non-hydrogen) atoms. The normalized spacial score (nSPS) is 14.2. The molecule has 0 spiro atoms. The van der Waals surface area contributed by atoms with Crippen molar-refractivity contribution >= 4 is 11.6 Å². The van der Waals surface area contributed by atoms with E-state index in [1.807, 2.05) is 0 Å². The summed E-state index contributed by atoms with van der Waals surface area (Å²) >= 11 is 0. The quantitative estimate of drug-likeness (QED) is 0.584. The first-order valence-electron chi connectivity index (χ1n) is 7.10. The fourth-order valence-corrected chi connectivity index (χ4v) is 2.00. The molecule has 2 aromatic carbocycles. The number of benzene rings is 2. The summed E-state index contributed by atoms with van der Waals surface area (Å²) in [6.45, 7) is 1.65. The molecule has 0 aliphatic heterocycles. The lowest BCUT2D eigenvalue weighted by molar-refractivity contribution is 0.0673. The van der Waals surface area contributed by atoms with Gasteiger partial charge in [0.15, 0.2) is 5.96 Å². The molecule has 2 aromatic rings. The lowest BCUT2D eigenvalue weighted by atomic mass is 9.96. The summed E-state index contributed by atoms with van der Waals surface area (Å²) in [4.78, 5) is 4.14. The Hall–Kier alpha value is -2.60. The Morgan fingerprint density at radius 1 is 1.22 bits per heavy atom. The third-order valence-corrected chi connectivity index (χ3v) is 3.39. The molecule has 6 heteroatoms. The molecule has 0 heterocycles. The average molecular weight is 317 g/mol. The van der Waals surface area contributed by atoms with Gasteiger partial charge in [-0.15, -0.1) is 0 Å². The van der Waals surface area contributed by atoms with E-state index in [2.05, 4.69) is 10.3 Å². The molecule has 0 aromatic heterocycles. The summed E-state index contributed by atoms with van der Waals surface area (Å²) in [6.07, 6.45) is 0. The van der Waals surface area contributed by atoms with Crippen LogP contribution in [0.3, 0.4) is 0 Å². The number of aliphatic hydroxyl groups is 1. The van der Waals surface area contributed by atoms with Crippen molar-refractivity contribution in [3.63, 3.8) is 0 Å². The van der Waals surface area contributed by atoms with Gasteiger partial charge in [-0.05, 0) is 48.9 Å². The van der Waals surface area contributed by atoms with E-state index in [-0.39, 0.29) is 18.3 Å². The van der Waals surface area contributed by atoms with E-state index in [0.29, 0.717) is 5.56 Å². The summed E-state index contributed by atoms with van der Waals surface area (Å²) in [6, 6.07) is 12.8. The molecule has 1 atom stereocenters. The van der Waals surface area contributed by atoms with E-state index < -0.39 is 5.60 Å². The highest BCUT2D eigenvalue weighted by atomic mass is 19.1. The minimum atomic E-state index is -1.24. The van der Waals surface area contributed by atoms with Crippen LogP contribution in [0.5, 0.6) is 5.75 Å². The van der Waals surface area contributed by atoms with Crippen LogP contribution in [0.15, 0.2) is 53.5 Å². The molecule has 0 bridgehead atoms. The number of methoxy groups -OCH3 is 1. The van der Waals surface area contributed by atoms with Crippen LogP contribution < -0.4 is 15.8 Å². The van der Waals surface area contributed by atoms with Crippen molar-refractivity contribution in [1.82, 2.24) is 0 Å². The number of nitrogens with two attached hydrogens (primary N) is 1. The van der Waals surface area contributed by atoms with Crippen LogP contribution in [0.1, 0.15) is 12.5 Å². The Labute approximate surface area is 134 Å². The molecule has 0 aliphatic rings. The zero-order valence-corrected chi connectivity index (χ0v) is 13.1. The van der Waals surface area contributed by atoms with Crippen molar-refractivity contribution in [3.05, 3.63) is 59.9 Å². The van der Waals surface area contributed by atoms with Crippen LogP contribution in [0.25, 0.3) is 0 Å². The molecular formula is C17H20FN3O2. The largest absolute Gasteiger partial charge is 0.497 e. The summed E-state index contributed by atoms with van der Waals surface area (Å²) in [5.41, 5.74) is 5.91. The molecule has 0 amide bonds. The summed E-state index contributed by atoms with van der Waals surface area (Å²) < 4.78 is 18.0. The lowest BCUT2D eigenvalue weighted by Gasteiger charge is -2.22. The van der Waals surface area contributed by atoms with Gasteiger partial charge in [0.25, 0.3) is 0 Å². The molecule has 0 radical (unpaired) electrons. The summed E-state index contributed by atoms with van der Waals surface area (Å²) in [5.74, 6) is 0.566. The van der Waals surface area contributed by atoms with Gasteiger partial charge in [0.1, 0.15) is 17.2 Å². The maximum Gasteiger partial charge on any atom is 0.193 e. The van der Waals surface area contributed by atoms with Gasteiger partial charge in [-0.1, -0.05) is 12.1 Å². The van der Waals surface area contributed by atoms with E-state index in [1.165, 1.54) is 24.3 Å². The van der Waals surface area contributed by atoms with Crippen molar-refractivity contribution in [2.24, 2.45) is 10.7 Å². The van der Waals surface area contributed by atoms with Crippen LogP contribution in [-0.4, -0.2) is 24.7 Å². The van der Waals surface area contributed by atoms with Crippen molar-refractivity contribution in [3.8, 4) is 5.75 Å². The number of ether oxygens (including phenoxy) is 1. The van der Waals surface area contributed by atoms with Gasteiger partial charge in [-0.2, -0.15) is 0 Å². The van der Waals surface area contributed by atoms with Crippen LogP contribution in [-0.2, 0) is 5.60 Å². The number of aliphatic imine (C=N–C) groups is 1. The third-order valence-electron chi connectivity index (χ3n) is 3.39. The van der Waals surface area contributed by atoms with E-state index in [4.69, 9.17) is 10.5 Å². The second kappa shape index (κ2) is 7.11. The minimum Gasteiger partial charge on any atom is -0.497 e. The number of hydrogen-bond donors (Lipinski definition) is 3. The number of rotatable bonds is 5. The molecule has 1 unspecified atom stereocenters. The lowest BCUT2D eigenvalue weighted by Crippen LogP contribution is -2.29. The van der Waals surface area contributed by atoms with Gasteiger partial charge < -0.3 is 20.9 Å². The monoisotopic (exact) mass is 317 g/mol. The van der Waals surface area contributed by atoms with E-state index in [1.54, 1.807) is 38.3 Å². The van der Waals surface area contributed by atoms with Gasteiger partial charge in [0.2, 0.25) is 0 Å².